The highest BCUT2D eigenvalue weighted by Gasteiger charge is 2.19. The SMILES string of the molecule is CCCSNc1ccc(F)c(NC(=O)c2c[nH]c3cncnc23)c1F. The summed E-state index contributed by atoms with van der Waals surface area (Å²) in [6.45, 7) is 1.99. The van der Waals surface area contributed by atoms with Gasteiger partial charge in [0.1, 0.15) is 23.3 Å². The first-order chi connectivity index (χ1) is 12.1. The molecular formula is C16H15F2N5OS. The number of H-pyrrole nitrogens is 1. The van der Waals surface area contributed by atoms with Crippen LogP contribution in [0.2, 0.25) is 0 Å². The van der Waals surface area contributed by atoms with Crippen LogP contribution in [-0.4, -0.2) is 26.6 Å². The van der Waals surface area contributed by atoms with Crippen molar-refractivity contribution in [3.63, 3.8) is 0 Å². The Morgan fingerprint density at radius 1 is 1.36 bits per heavy atom. The lowest BCUT2D eigenvalue weighted by atomic mass is 10.2. The smallest absolute Gasteiger partial charge is 0.259 e. The Morgan fingerprint density at radius 2 is 2.20 bits per heavy atom. The van der Waals surface area contributed by atoms with E-state index in [-0.39, 0.29) is 11.3 Å². The van der Waals surface area contributed by atoms with E-state index in [9.17, 15) is 13.6 Å². The van der Waals surface area contributed by atoms with Gasteiger partial charge < -0.3 is 15.0 Å². The Hall–Kier alpha value is -2.68. The number of nitrogens with one attached hydrogen (secondary N) is 3. The molecule has 0 spiro atoms. The number of aromatic nitrogens is 3. The summed E-state index contributed by atoms with van der Waals surface area (Å²) in [5.41, 5.74) is 0.711. The fourth-order valence-electron chi connectivity index (χ4n) is 2.20. The summed E-state index contributed by atoms with van der Waals surface area (Å²) in [6, 6.07) is 2.40. The lowest BCUT2D eigenvalue weighted by Crippen LogP contribution is -2.15. The van der Waals surface area contributed by atoms with Crippen LogP contribution >= 0.6 is 11.9 Å². The Bertz CT molecular complexity index is 915. The van der Waals surface area contributed by atoms with Crippen LogP contribution in [0.5, 0.6) is 0 Å². The molecule has 0 fully saturated rings. The van der Waals surface area contributed by atoms with E-state index in [4.69, 9.17) is 0 Å². The summed E-state index contributed by atoms with van der Waals surface area (Å²) in [5, 5.41) is 2.29. The minimum atomic E-state index is -0.855. The fourth-order valence-corrected chi connectivity index (χ4v) is 2.82. The number of halogens is 2. The van der Waals surface area contributed by atoms with Crippen LogP contribution in [0.25, 0.3) is 11.0 Å². The van der Waals surface area contributed by atoms with Gasteiger partial charge in [-0.15, -0.1) is 0 Å². The highest BCUT2D eigenvalue weighted by Crippen LogP contribution is 2.28. The Kier molecular flexibility index (Phi) is 5.13. The molecule has 1 amide bonds. The second kappa shape index (κ2) is 7.47. The maximum Gasteiger partial charge on any atom is 0.259 e. The molecule has 9 heteroatoms. The summed E-state index contributed by atoms with van der Waals surface area (Å²) in [4.78, 5) is 23.1. The van der Waals surface area contributed by atoms with E-state index in [0.717, 1.165) is 18.2 Å². The van der Waals surface area contributed by atoms with Crippen molar-refractivity contribution in [3.05, 3.63) is 48.1 Å². The van der Waals surface area contributed by atoms with Gasteiger partial charge >= 0.3 is 0 Å². The van der Waals surface area contributed by atoms with Gasteiger partial charge in [0, 0.05) is 11.9 Å². The minimum absolute atomic E-state index is 0.108. The molecular weight excluding hydrogens is 348 g/mol. The summed E-state index contributed by atoms with van der Waals surface area (Å²) in [5.74, 6) is -1.60. The summed E-state index contributed by atoms with van der Waals surface area (Å²) >= 11 is 1.31. The Morgan fingerprint density at radius 3 is 3.00 bits per heavy atom. The van der Waals surface area contributed by atoms with Crippen LogP contribution in [0.4, 0.5) is 20.2 Å². The van der Waals surface area contributed by atoms with E-state index in [2.05, 4.69) is 25.0 Å². The second-order valence-corrected chi connectivity index (χ2v) is 6.08. The number of fused-ring (bicyclic) bond motifs is 1. The summed E-state index contributed by atoms with van der Waals surface area (Å²) in [6.07, 6.45) is 5.13. The predicted octanol–water partition coefficient (Wildman–Crippen LogP) is 3.96. The van der Waals surface area contributed by atoms with Crippen molar-refractivity contribution in [2.45, 2.75) is 13.3 Å². The number of carbonyl (C=O) groups excluding carboxylic acids is 1. The topological polar surface area (TPSA) is 82.7 Å². The van der Waals surface area contributed by atoms with Crippen molar-refractivity contribution in [2.24, 2.45) is 0 Å². The lowest BCUT2D eigenvalue weighted by Gasteiger charge is -2.11. The van der Waals surface area contributed by atoms with Crippen LogP contribution in [-0.2, 0) is 0 Å². The first-order valence-corrected chi connectivity index (χ1v) is 8.54. The largest absolute Gasteiger partial charge is 0.358 e. The van der Waals surface area contributed by atoms with Gasteiger partial charge in [-0.2, -0.15) is 0 Å². The number of benzene rings is 1. The molecule has 0 aliphatic heterocycles. The monoisotopic (exact) mass is 363 g/mol. The zero-order valence-electron chi connectivity index (χ0n) is 13.3. The van der Waals surface area contributed by atoms with E-state index in [0.29, 0.717) is 11.0 Å². The molecule has 2 aromatic heterocycles. The van der Waals surface area contributed by atoms with Gasteiger partial charge in [0.25, 0.3) is 5.91 Å². The van der Waals surface area contributed by atoms with Crippen LogP contribution < -0.4 is 10.0 Å². The number of aromatic amines is 1. The first-order valence-electron chi connectivity index (χ1n) is 7.56. The molecule has 0 aliphatic rings. The highest BCUT2D eigenvalue weighted by molar-refractivity contribution is 8.00. The molecule has 0 unspecified atom stereocenters. The van der Waals surface area contributed by atoms with Crippen LogP contribution in [0, 0.1) is 11.6 Å². The van der Waals surface area contributed by atoms with Gasteiger partial charge in [-0.3, -0.25) is 4.79 Å². The van der Waals surface area contributed by atoms with Crippen molar-refractivity contribution >= 4 is 40.3 Å². The quantitative estimate of drug-likeness (QED) is 0.456. The van der Waals surface area contributed by atoms with E-state index >= 15 is 0 Å². The molecule has 0 aliphatic carbocycles. The molecule has 0 saturated heterocycles. The first kappa shape index (κ1) is 17.2. The van der Waals surface area contributed by atoms with Gasteiger partial charge in [0.2, 0.25) is 0 Å². The third-order valence-electron chi connectivity index (χ3n) is 3.40. The lowest BCUT2D eigenvalue weighted by molar-refractivity contribution is 0.102. The van der Waals surface area contributed by atoms with Crippen molar-refractivity contribution in [1.82, 2.24) is 15.0 Å². The van der Waals surface area contributed by atoms with Gasteiger partial charge in [-0.1, -0.05) is 18.9 Å². The number of hydrogen-bond donors (Lipinski definition) is 3. The van der Waals surface area contributed by atoms with Crippen molar-refractivity contribution in [2.75, 3.05) is 15.8 Å². The average Bonchev–Trinajstić information content (AvgIpc) is 3.05. The van der Waals surface area contributed by atoms with E-state index in [1.165, 1.54) is 36.7 Å². The molecule has 0 bridgehead atoms. The van der Waals surface area contributed by atoms with Gasteiger partial charge in [-0.05, 0) is 18.6 Å². The molecule has 3 rings (SSSR count). The van der Waals surface area contributed by atoms with E-state index < -0.39 is 23.2 Å². The maximum absolute atomic E-state index is 14.5. The summed E-state index contributed by atoms with van der Waals surface area (Å²) in [7, 11) is 0. The van der Waals surface area contributed by atoms with Gasteiger partial charge in [-0.25, -0.2) is 18.7 Å². The van der Waals surface area contributed by atoms with E-state index in [1.807, 2.05) is 6.92 Å². The van der Waals surface area contributed by atoms with Crippen molar-refractivity contribution in [1.29, 1.82) is 0 Å². The second-order valence-electron chi connectivity index (χ2n) is 5.18. The molecule has 3 N–H and O–H groups in total. The van der Waals surface area contributed by atoms with E-state index in [1.54, 1.807) is 0 Å². The zero-order chi connectivity index (χ0) is 17.8. The Labute approximate surface area is 146 Å². The third-order valence-corrected chi connectivity index (χ3v) is 4.38. The molecule has 0 atom stereocenters. The zero-order valence-corrected chi connectivity index (χ0v) is 14.1. The number of rotatable bonds is 6. The summed E-state index contributed by atoms with van der Waals surface area (Å²) < 4.78 is 31.3. The molecule has 1 aromatic carbocycles. The fraction of sp³-hybridized carbons (Fsp3) is 0.188. The predicted molar refractivity (Wildman–Crippen MR) is 94.6 cm³/mol. The molecule has 0 radical (unpaired) electrons. The van der Waals surface area contributed by atoms with Crippen LogP contribution in [0.15, 0.2) is 30.9 Å². The number of amides is 1. The molecule has 6 nitrogen and oxygen atoms in total. The molecule has 0 saturated carbocycles. The van der Waals surface area contributed by atoms with Gasteiger partial charge in [0.05, 0.1) is 23.0 Å². The number of hydrogen-bond acceptors (Lipinski definition) is 5. The molecule has 130 valence electrons. The normalized spacial score (nSPS) is 10.8. The van der Waals surface area contributed by atoms with Crippen LogP contribution in [0.3, 0.4) is 0 Å². The highest BCUT2D eigenvalue weighted by atomic mass is 32.2. The molecule has 2 heterocycles. The number of anilines is 2. The van der Waals surface area contributed by atoms with Crippen LogP contribution in [0.1, 0.15) is 23.7 Å². The number of carbonyl (C=O) groups is 1. The van der Waals surface area contributed by atoms with Gasteiger partial charge in [0.15, 0.2) is 5.82 Å². The molecule has 3 aromatic rings. The minimum Gasteiger partial charge on any atom is -0.358 e. The number of nitrogens with zero attached hydrogens (tertiary/aromatic N) is 2. The third kappa shape index (κ3) is 3.55. The van der Waals surface area contributed by atoms with Crippen molar-refractivity contribution < 1.29 is 13.6 Å². The molecule has 25 heavy (non-hydrogen) atoms. The van der Waals surface area contributed by atoms with Crippen molar-refractivity contribution in [3.8, 4) is 0 Å². The standard InChI is InChI=1S/C16H15F2N5OS/c1-2-5-25-23-11-4-3-10(17)15(13(11)18)22-16(24)9-6-20-12-7-19-8-21-14(9)12/h3-4,6-8,20,23H,2,5H2,1H3,(H,22,24). The maximum atomic E-state index is 14.5. The average molecular weight is 363 g/mol. The Balaban J connectivity index is 1.86.